The quantitative estimate of drug-likeness (QED) is 0.339. The van der Waals surface area contributed by atoms with Crippen molar-refractivity contribution in [2.75, 3.05) is 5.32 Å². The minimum Gasteiger partial charge on any atom is -0.406 e. The molecule has 2 N–H and O–H groups in total. The topological polar surface area (TPSA) is 59.3 Å². The van der Waals surface area contributed by atoms with Crippen LogP contribution in [0.15, 0.2) is 36.4 Å². The molecule has 0 radical (unpaired) electrons. The van der Waals surface area contributed by atoms with Crippen molar-refractivity contribution in [1.82, 2.24) is 9.55 Å². The molecule has 2 atom stereocenters. The van der Waals surface area contributed by atoms with Gasteiger partial charge < -0.3 is 19.7 Å². The number of hydrogen-bond acceptors (Lipinski definition) is 4. The molecule has 0 spiro atoms. The molecule has 9 heteroatoms. The lowest BCUT2D eigenvalue weighted by atomic mass is 9.70. The number of aliphatic hydroxyl groups is 1. The molecule has 1 aliphatic rings. The van der Waals surface area contributed by atoms with Gasteiger partial charge in [-0.1, -0.05) is 20.8 Å². The van der Waals surface area contributed by atoms with Crippen LogP contribution < -0.4 is 10.1 Å². The van der Waals surface area contributed by atoms with Gasteiger partial charge in [-0.2, -0.15) is 0 Å². The number of benzene rings is 2. The molecule has 1 aliphatic carbocycles. The smallest absolute Gasteiger partial charge is 0.406 e. The third-order valence-corrected chi connectivity index (χ3v) is 6.55. The first-order chi connectivity index (χ1) is 16.6. The van der Waals surface area contributed by atoms with E-state index < -0.39 is 17.8 Å². The molecule has 196 valence electrons. The first-order valence-electron chi connectivity index (χ1n) is 12.1. The van der Waals surface area contributed by atoms with Gasteiger partial charge >= 0.3 is 6.36 Å². The normalized spacial score (nSPS) is 20.5. The van der Waals surface area contributed by atoms with Crippen molar-refractivity contribution in [1.29, 1.82) is 0 Å². The maximum atomic E-state index is 15.2. The van der Waals surface area contributed by atoms with Crippen LogP contribution in [0.1, 0.15) is 65.5 Å². The molecular weight excluding hydrogens is 474 g/mol. The van der Waals surface area contributed by atoms with Crippen molar-refractivity contribution >= 4 is 22.7 Å². The lowest BCUT2D eigenvalue weighted by molar-refractivity contribution is -0.274. The molecule has 0 aliphatic heterocycles. The minimum atomic E-state index is -4.77. The Balaban J connectivity index is 1.76. The largest absolute Gasteiger partial charge is 0.573 e. The highest BCUT2D eigenvalue weighted by Gasteiger charge is 2.35. The summed E-state index contributed by atoms with van der Waals surface area (Å²) in [6.45, 7) is 9.91. The molecule has 1 fully saturated rings. The zero-order valence-electron chi connectivity index (χ0n) is 21.2. The summed E-state index contributed by atoms with van der Waals surface area (Å²) in [6, 6.07) is 8.63. The van der Waals surface area contributed by atoms with Gasteiger partial charge in [-0.05, 0) is 80.3 Å². The molecule has 1 saturated carbocycles. The molecule has 1 heterocycles. The molecule has 0 bridgehead atoms. The van der Waals surface area contributed by atoms with Crippen molar-refractivity contribution in [3.63, 3.8) is 0 Å². The van der Waals surface area contributed by atoms with Crippen LogP contribution >= 0.6 is 0 Å². The fraction of sp³-hybridized carbons (Fsp3) is 0.519. The number of hydrogen-bond donors (Lipinski definition) is 2. The van der Waals surface area contributed by atoms with Crippen LogP contribution in [-0.4, -0.2) is 26.6 Å². The standard InChI is InChI=1S/C27H33F4N3O2/c1-16-10-19(15-25(2,3)13-16)34-23-12-21(28)17(14-26(4,5)35)11-22(23)33-24(34)32-18-6-8-20(9-7-18)36-27(29,30)31/h6-9,11-12,16,19,35H,10,13-15H2,1-5H3,(H,32,33)/t16-,19+/m1/s1. The van der Waals surface area contributed by atoms with Gasteiger partial charge in [0.15, 0.2) is 0 Å². The molecule has 0 amide bonds. The Bertz CT molecular complexity index is 1230. The van der Waals surface area contributed by atoms with Gasteiger partial charge in [-0.25, -0.2) is 9.37 Å². The average molecular weight is 508 g/mol. The summed E-state index contributed by atoms with van der Waals surface area (Å²) in [7, 11) is 0. The first kappa shape index (κ1) is 26.3. The van der Waals surface area contributed by atoms with Crippen molar-refractivity contribution in [2.45, 2.75) is 78.3 Å². The Kier molecular flexibility index (Phi) is 6.75. The highest BCUT2D eigenvalue weighted by molar-refractivity contribution is 5.81. The van der Waals surface area contributed by atoms with Crippen LogP contribution in [0.2, 0.25) is 0 Å². The van der Waals surface area contributed by atoms with E-state index in [1.165, 1.54) is 30.3 Å². The lowest BCUT2D eigenvalue weighted by Gasteiger charge is -2.40. The van der Waals surface area contributed by atoms with E-state index in [0.717, 1.165) is 19.3 Å². The SMILES string of the molecule is C[C@@H]1C[C@H](n2c(Nc3ccc(OC(F)(F)F)cc3)nc3cc(CC(C)(C)O)c(F)cc32)CC(C)(C)C1. The number of halogens is 4. The summed E-state index contributed by atoms with van der Waals surface area (Å²) in [5.74, 6) is 0.225. The van der Waals surface area contributed by atoms with Gasteiger partial charge in [0.05, 0.1) is 16.6 Å². The average Bonchev–Trinajstić information content (AvgIpc) is 3.02. The molecule has 4 rings (SSSR count). The Labute approximate surface area is 208 Å². The number of fused-ring (bicyclic) bond motifs is 1. The second-order valence-electron chi connectivity index (χ2n) is 11.5. The number of rotatable bonds is 6. The predicted molar refractivity (Wildman–Crippen MR) is 132 cm³/mol. The summed E-state index contributed by atoms with van der Waals surface area (Å²) in [5.41, 5.74) is 1.14. The second kappa shape index (κ2) is 9.25. The van der Waals surface area contributed by atoms with Crippen LogP contribution in [0.5, 0.6) is 5.75 Å². The molecule has 3 aromatic rings. The Hall–Kier alpha value is -2.81. The van der Waals surface area contributed by atoms with Crippen LogP contribution in [0.25, 0.3) is 11.0 Å². The zero-order chi connectivity index (χ0) is 26.5. The lowest BCUT2D eigenvalue weighted by Crippen LogP contribution is -2.29. The van der Waals surface area contributed by atoms with Gasteiger partial charge in [-0.15, -0.1) is 13.2 Å². The first-order valence-corrected chi connectivity index (χ1v) is 12.1. The second-order valence-corrected chi connectivity index (χ2v) is 11.5. The van der Waals surface area contributed by atoms with E-state index in [1.54, 1.807) is 19.9 Å². The molecule has 1 aromatic heterocycles. The number of aromatic nitrogens is 2. The maximum Gasteiger partial charge on any atom is 0.573 e. The predicted octanol–water partition coefficient (Wildman–Crippen LogP) is 7.52. The number of ether oxygens (including phenoxy) is 1. The Morgan fingerprint density at radius 3 is 2.39 bits per heavy atom. The minimum absolute atomic E-state index is 0.0589. The molecule has 2 aromatic carbocycles. The Morgan fingerprint density at radius 2 is 1.81 bits per heavy atom. The van der Waals surface area contributed by atoms with Gasteiger partial charge in [0.2, 0.25) is 5.95 Å². The van der Waals surface area contributed by atoms with Crippen LogP contribution in [0.3, 0.4) is 0 Å². The van der Waals surface area contributed by atoms with Crippen molar-refractivity contribution in [2.24, 2.45) is 11.3 Å². The van der Waals surface area contributed by atoms with Crippen LogP contribution in [-0.2, 0) is 6.42 Å². The van der Waals surface area contributed by atoms with E-state index in [4.69, 9.17) is 4.98 Å². The molecule has 5 nitrogen and oxygen atoms in total. The summed E-state index contributed by atoms with van der Waals surface area (Å²) in [4.78, 5) is 4.76. The number of nitrogens with one attached hydrogen (secondary N) is 1. The highest BCUT2D eigenvalue weighted by Crippen LogP contribution is 2.46. The summed E-state index contributed by atoms with van der Waals surface area (Å²) in [5, 5.41) is 13.4. The van der Waals surface area contributed by atoms with E-state index in [1.807, 2.05) is 4.57 Å². The monoisotopic (exact) mass is 507 g/mol. The van der Waals surface area contributed by atoms with E-state index >= 15 is 4.39 Å². The number of nitrogens with zero attached hydrogens (tertiary/aromatic N) is 2. The van der Waals surface area contributed by atoms with Crippen molar-refractivity contribution < 1.29 is 27.4 Å². The van der Waals surface area contributed by atoms with Gasteiger partial charge in [-0.3, -0.25) is 0 Å². The molecule has 0 saturated heterocycles. The van der Waals surface area contributed by atoms with Gasteiger partial charge in [0.25, 0.3) is 0 Å². The van der Waals surface area contributed by atoms with E-state index in [0.29, 0.717) is 34.2 Å². The third-order valence-electron chi connectivity index (χ3n) is 6.55. The third kappa shape index (κ3) is 6.30. The van der Waals surface area contributed by atoms with Crippen LogP contribution in [0.4, 0.5) is 29.2 Å². The molecule has 0 unspecified atom stereocenters. The molecular formula is C27H33F4N3O2. The summed E-state index contributed by atoms with van der Waals surface area (Å²) >= 11 is 0. The van der Waals surface area contributed by atoms with Crippen LogP contribution in [0, 0.1) is 17.2 Å². The fourth-order valence-electron chi connectivity index (χ4n) is 5.58. The summed E-state index contributed by atoms with van der Waals surface area (Å²) < 4.78 is 58.7. The molecule has 36 heavy (non-hydrogen) atoms. The van der Waals surface area contributed by atoms with Crippen molar-refractivity contribution in [3.05, 3.63) is 47.8 Å². The van der Waals surface area contributed by atoms with Crippen molar-refractivity contribution in [3.8, 4) is 5.75 Å². The number of anilines is 2. The zero-order valence-corrected chi connectivity index (χ0v) is 21.2. The van der Waals surface area contributed by atoms with Gasteiger partial charge in [0, 0.05) is 24.2 Å². The summed E-state index contributed by atoms with van der Waals surface area (Å²) in [6.07, 6.45) is -1.77. The highest BCUT2D eigenvalue weighted by atomic mass is 19.4. The van der Waals surface area contributed by atoms with E-state index in [2.05, 4.69) is 30.8 Å². The van der Waals surface area contributed by atoms with E-state index in [9.17, 15) is 18.3 Å². The van der Waals surface area contributed by atoms with E-state index in [-0.39, 0.29) is 23.6 Å². The Morgan fingerprint density at radius 1 is 1.14 bits per heavy atom. The number of imidazole rings is 1. The maximum absolute atomic E-state index is 15.2. The number of alkyl halides is 3. The fourth-order valence-corrected chi connectivity index (χ4v) is 5.58. The van der Waals surface area contributed by atoms with Gasteiger partial charge in [0.1, 0.15) is 11.6 Å².